The SMILES string of the molecule is CCOc1ncccc1C(=O)N1CC(N2CCCC[C@@H]2C)C1. The van der Waals surface area contributed by atoms with E-state index in [0.717, 1.165) is 13.1 Å². The molecule has 3 heterocycles. The van der Waals surface area contributed by atoms with Crippen molar-refractivity contribution in [1.82, 2.24) is 14.8 Å². The van der Waals surface area contributed by atoms with Gasteiger partial charge in [0.25, 0.3) is 5.91 Å². The summed E-state index contributed by atoms with van der Waals surface area (Å²) < 4.78 is 5.47. The predicted octanol–water partition coefficient (Wildman–Crippen LogP) is 2.18. The molecule has 1 aromatic rings. The molecule has 120 valence electrons. The first kappa shape index (κ1) is 15.3. The zero-order chi connectivity index (χ0) is 15.5. The van der Waals surface area contributed by atoms with Gasteiger partial charge in [0.15, 0.2) is 0 Å². The summed E-state index contributed by atoms with van der Waals surface area (Å²) in [6.45, 7) is 7.54. The Labute approximate surface area is 132 Å². The minimum absolute atomic E-state index is 0.0393. The molecule has 0 aromatic carbocycles. The van der Waals surface area contributed by atoms with Crippen LogP contribution in [0.3, 0.4) is 0 Å². The second-order valence-electron chi connectivity index (χ2n) is 6.24. The number of nitrogens with zero attached hydrogens (tertiary/aromatic N) is 3. The zero-order valence-electron chi connectivity index (χ0n) is 13.5. The Bertz CT molecular complexity index is 528. The van der Waals surface area contributed by atoms with Gasteiger partial charge in [-0.25, -0.2) is 4.98 Å². The second kappa shape index (κ2) is 6.65. The summed E-state index contributed by atoms with van der Waals surface area (Å²) in [6.07, 6.45) is 5.56. The normalized spacial score (nSPS) is 23.2. The van der Waals surface area contributed by atoms with Crippen molar-refractivity contribution >= 4 is 5.91 Å². The van der Waals surface area contributed by atoms with Gasteiger partial charge in [-0.1, -0.05) is 6.42 Å². The molecular formula is C17H25N3O2. The van der Waals surface area contributed by atoms with Gasteiger partial charge >= 0.3 is 0 Å². The van der Waals surface area contributed by atoms with Gasteiger partial charge in [-0.15, -0.1) is 0 Å². The molecule has 0 unspecified atom stereocenters. The largest absolute Gasteiger partial charge is 0.477 e. The van der Waals surface area contributed by atoms with Gasteiger partial charge in [0.2, 0.25) is 5.88 Å². The van der Waals surface area contributed by atoms with E-state index in [1.165, 1.54) is 25.8 Å². The third-order valence-corrected chi connectivity index (χ3v) is 4.76. The summed E-state index contributed by atoms with van der Waals surface area (Å²) in [5.74, 6) is 0.488. The molecule has 0 saturated carbocycles. The van der Waals surface area contributed by atoms with E-state index < -0.39 is 0 Å². The zero-order valence-corrected chi connectivity index (χ0v) is 13.5. The topological polar surface area (TPSA) is 45.7 Å². The standard InChI is InChI=1S/C17H25N3O2/c1-3-22-16-15(8-6-9-18-16)17(21)19-11-14(12-19)20-10-5-4-7-13(20)2/h6,8-9,13-14H,3-5,7,10-12H2,1-2H3/t13-/m0/s1. The van der Waals surface area contributed by atoms with Crippen LogP contribution in [-0.2, 0) is 0 Å². The lowest BCUT2D eigenvalue weighted by Crippen LogP contribution is -2.63. The highest BCUT2D eigenvalue weighted by molar-refractivity contribution is 5.96. The summed E-state index contributed by atoms with van der Waals surface area (Å²) in [6, 6.07) is 4.76. The van der Waals surface area contributed by atoms with Gasteiger partial charge in [0.1, 0.15) is 5.56 Å². The first-order valence-electron chi connectivity index (χ1n) is 8.33. The maximum atomic E-state index is 12.6. The number of piperidine rings is 1. The van der Waals surface area contributed by atoms with Crippen molar-refractivity contribution in [3.63, 3.8) is 0 Å². The van der Waals surface area contributed by atoms with Crippen molar-refractivity contribution in [1.29, 1.82) is 0 Å². The number of carbonyl (C=O) groups is 1. The molecule has 0 radical (unpaired) electrons. The van der Waals surface area contributed by atoms with Gasteiger partial charge < -0.3 is 9.64 Å². The van der Waals surface area contributed by atoms with E-state index in [1.807, 2.05) is 11.8 Å². The number of pyridine rings is 1. The number of rotatable bonds is 4. The predicted molar refractivity (Wildman–Crippen MR) is 85.1 cm³/mol. The third kappa shape index (κ3) is 2.95. The van der Waals surface area contributed by atoms with Crippen LogP contribution >= 0.6 is 0 Å². The minimum atomic E-state index is 0.0393. The van der Waals surface area contributed by atoms with E-state index in [4.69, 9.17) is 4.74 Å². The fourth-order valence-corrected chi connectivity index (χ4v) is 3.47. The molecule has 5 nitrogen and oxygen atoms in total. The van der Waals surface area contributed by atoms with Crippen LogP contribution < -0.4 is 4.74 Å². The molecule has 2 aliphatic rings. The van der Waals surface area contributed by atoms with E-state index in [2.05, 4.69) is 16.8 Å². The van der Waals surface area contributed by atoms with Gasteiger partial charge in [0.05, 0.1) is 6.61 Å². The quantitative estimate of drug-likeness (QED) is 0.855. The van der Waals surface area contributed by atoms with Crippen LogP contribution in [0.25, 0.3) is 0 Å². The highest BCUT2D eigenvalue weighted by Crippen LogP contribution is 2.26. The lowest BCUT2D eigenvalue weighted by Gasteiger charge is -2.49. The van der Waals surface area contributed by atoms with E-state index in [1.54, 1.807) is 18.3 Å². The van der Waals surface area contributed by atoms with Crippen molar-refractivity contribution in [3.8, 4) is 5.88 Å². The number of likely N-dealkylation sites (tertiary alicyclic amines) is 2. The minimum Gasteiger partial charge on any atom is -0.477 e. The van der Waals surface area contributed by atoms with Crippen LogP contribution in [-0.4, -0.2) is 59.0 Å². The smallest absolute Gasteiger partial charge is 0.259 e. The third-order valence-electron chi connectivity index (χ3n) is 4.76. The van der Waals surface area contributed by atoms with E-state index in [-0.39, 0.29) is 5.91 Å². The lowest BCUT2D eigenvalue weighted by atomic mass is 9.97. The van der Waals surface area contributed by atoms with Crippen molar-refractivity contribution in [2.75, 3.05) is 26.2 Å². The Morgan fingerprint density at radius 1 is 1.41 bits per heavy atom. The van der Waals surface area contributed by atoms with Gasteiger partial charge in [-0.05, 0) is 45.4 Å². The van der Waals surface area contributed by atoms with Crippen LogP contribution in [0.1, 0.15) is 43.5 Å². The molecule has 22 heavy (non-hydrogen) atoms. The van der Waals surface area contributed by atoms with Crippen molar-refractivity contribution in [3.05, 3.63) is 23.9 Å². The summed E-state index contributed by atoms with van der Waals surface area (Å²) in [5, 5.41) is 0. The molecule has 3 rings (SSSR count). The molecule has 0 spiro atoms. The molecule has 1 amide bonds. The lowest BCUT2D eigenvalue weighted by molar-refractivity contribution is 0.00190. The number of hydrogen-bond donors (Lipinski definition) is 0. The highest BCUT2D eigenvalue weighted by atomic mass is 16.5. The molecule has 2 fully saturated rings. The summed E-state index contributed by atoms with van der Waals surface area (Å²) in [4.78, 5) is 21.3. The van der Waals surface area contributed by atoms with Crippen LogP contribution in [0.2, 0.25) is 0 Å². The molecule has 2 saturated heterocycles. The van der Waals surface area contributed by atoms with E-state index in [0.29, 0.717) is 30.1 Å². The Morgan fingerprint density at radius 2 is 2.23 bits per heavy atom. The Kier molecular flexibility index (Phi) is 4.62. The maximum Gasteiger partial charge on any atom is 0.259 e. The molecule has 5 heteroatoms. The average molecular weight is 303 g/mol. The van der Waals surface area contributed by atoms with E-state index in [9.17, 15) is 4.79 Å². The van der Waals surface area contributed by atoms with Gasteiger partial charge in [-0.2, -0.15) is 0 Å². The van der Waals surface area contributed by atoms with Crippen molar-refractivity contribution in [2.45, 2.75) is 45.2 Å². The van der Waals surface area contributed by atoms with Crippen molar-refractivity contribution in [2.24, 2.45) is 0 Å². The fourth-order valence-electron chi connectivity index (χ4n) is 3.47. The maximum absolute atomic E-state index is 12.6. The molecule has 0 aliphatic carbocycles. The van der Waals surface area contributed by atoms with Gasteiger partial charge in [-0.3, -0.25) is 9.69 Å². The van der Waals surface area contributed by atoms with E-state index >= 15 is 0 Å². The molecule has 1 atom stereocenters. The van der Waals surface area contributed by atoms with Crippen molar-refractivity contribution < 1.29 is 9.53 Å². The van der Waals surface area contributed by atoms with Crippen LogP contribution in [0, 0.1) is 0 Å². The first-order valence-corrected chi connectivity index (χ1v) is 8.33. The van der Waals surface area contributed by atoms with Crippen LogP contribution in [0.4, 0.5) is 0 Å². The first-order chi connectivity index (χ1) is 10.7. The number of hydrogen-bond acceptors (Lipinski definition) is 4. The number of aromatic nitrogens is 1. The average Bonchev–Trinajstić information content (AvgIpc) is 2.48. The molecule has 0 N–H and O–H groups in total. The molecule has 2 aliphatic heterocycles. The fraction of sp³-hybridized carbons (Fsp3) is 0.647. The highest BCUT2D eigenvalue weighted by Gasteiger charge is 2.38. The number of ether oxygens (including phenoxy) is 1. The second-order valence-corrected chi connectivity index (χ2v) is 6.24. The number of carbonyl (C=O) groups excluding carboxylic acids is 1. The molecular weight excluding hydrogens is 278 g/mol. The number of amides is 1. The Balaban J connectivity index is 1.61. The van der Waals surface area contributed by atoms with Crippen LogP contribution in [0.5, 0.6) is 5.88 Å². The summed E-state index contributed by atoms with van der Waals surface area (Å²) >= 11 is 0. The molecule has 1 aromatic heterocycles. The van der Waals surface area contributed by atoms with Crippen LogP contribution in [0.15, 0.2) is 18.3 Å². The van der Waals surface area contributed by atoms with Gasteiger partial charge in [0, 0.05) is 31.4 Å². The summed E-state index contributed by atoms with van der Waals surface area (Å²) in [5.41, 5.74) is 0.578. The summed E-state index contributed by atoms with van der Waals surface area (Å²) in [7, 11) is 0. The monoisotopic (exact) mass is 303 g/mol. The Morgan fingerprint density at radius 3 is 2.95 bits per heavy atom. The Hall–Kier alpha value is -1.62. The molecule has 0 bridgehead atoms.